The molecule has 128 valence electrons. The van der Waals surface area contributed by atoms with Gasteiger partial charge in [-0.25, -0.2) is 4.79 Å². The van der Waals surface area contributed by atoms with Crippen LogP contribution < -0.4 is 10.1 Å². The highest BCUT2D eigenvalue weighted by Gasteiger charge is 2.23. The fourth-order valence-corrected chi connectivity index (χ4v) is 2.34. The van der Waals surface area contributed by atoms with Crippen molar-refractivity contribution in [2.24, 2.45) is 0 Å². The molecule has 23 heavy (non-hydrogen) atoms. The first kappa shape index (κ1) is 19.4. The number of ether oxygens (including phenoxy) is 3. The number of nitrogens with one attached hydrogen (secondary N) is 1. The lowest BCUT2D eigenvalue weighted by atomic mass is 10.1. The zero-order valence-electron chi connectivity index (χ0n) is 13.0. The van der Waals surface area contributed by atoms with E-state index in [1.54, 1.807) is 18.2 Å². The van der Waals surface area contributed by atoms with E-state index in [2.05, 4.69) is 21.2 Å². The number of carboxylic acid groups (broad SMARTS) is 1. The molecule has 0 spiro atoms. The molecule has 0 saturated heterocycles. The van der Waals surface area contributed by atoms with Gasteiger partial charge in [-0.15, -0.1) is 0 Å². The van der Waals surface area contributed by atoms with E-state index in [-0.39, 0.29) is 13.2 Å². The zero-order valence-corrected chi connectivity index (χ0v) is 14.6. The van der Waals surface area contributed by atoms with Gasteiger partial charge in [0, 0.05) is 6.61 Å². The second-order valence-corrected chi connectivity index (χ2v) is 5.34. The van der Waals surface area contributed by atoms with Crippen molar-refractivity contribution in [2.45, 2.75) is 13.0 Å². The minimum Gasteiger partial charge on any atom is -0.496 e. The van der Waals surface area contributed by atoms with Crippen LogP contribution in [0.2, 0.25) is 0 Å². The first-order chi connectivity index (χ1) is 11.0. The van der Waals surface area contributed by atoms with Gasteiger partial charge >= 0.3 is 5.97 Å². The SMILES string of the molecule is CCOCCOCC(=O)NC(C(=O)O)c1ccc(OC)c(Br)c1. The van der Waals surface area contributed by atoms with Gasteiger partial charge in [-0.1, -0.05) is 6.07 Å². The maximum Gasteiger partial charge on any atom is 0.330 e. The maximum absolute atomic E-state index is 11.8. The van der Waals surface area contributed by atoms with Gasteiger partial charge in [0.25, 0.3) is 0 Å². The van der Waals surface area contributed by atoms with Crippen molar-refractivity contribution in [1.29, 1.82) is 0 Å². The minimum atomic E-state index is -1.17. The van der Waals surface area contributed by atoms with E-state index in [1.165, 1.54) is 7.11 Å². The second kappa shape index (κ2) is 10.2. The maximum atomic E-state index is 11.8. The Hall–Kier alpha value is -1.64. The number of carbonyl (C=O) groups is 2. The highest BCUT2D eigenvalue weighted by Crippen LogP contribution is 2.28. The van der Waals surface area contributed by atoms with Crippen LogP contribution in [0.1, 0.15) is 18.5 Å². The fraction of sp³-hybridized carbons (Fsp3) is 0.467. The van der Waals surface area contributed by atoms with E-state index in [4.69, 9.17) is 14.2 Å². The van der Waals surface area contributed by atoms with Crippen LogP contribution in [0, 0.1) is 0 Å². The molecule has 2 N–H and O–H groups in total. The molecule has 0 aromatic heterocycles. The topological polar surface area (TPSA) is 94.1 Å². The molecule has 0 heterocycles. The molecule has 0 aliphatic rings. The molecule has 0 aliphatic heterocycles. The summed E-state index contributed by atoms with van der Waals surface area (Å²) in [6, 6.07) is 3.63. The number of carbonyl (C=O) groups excluding carboxylic acids is 1. The third kappa shape index (κ3) is 6.55. The van der Waals surface area contributed by atoms with Crippen LogP contribution in [0.5, 0.6) is 5.75 Å². The Kier molecular flexibility index (Phi) is 8.60. The van der Waals surface area contributed by atoms with Crippen LogP contribution in [0.15, 0.2) is 22.7 Å². The Balaban J connectivity index is 2.63. The molecule has 7 nitrogen and oxygen atoms in total. The van der Waals surface area contributed by atoms with Gasteiger partial charge in [0.1, 0.15) is 12.4 Å². The van der Waals surface area contributed by atoms with E-state index in [9.17, 15) is 14.7 Å². The molecule has 0 fully saturated rings. The predicted octanol–water partition coefficient (Wildman–Crippen LogP) is 1.75. The van der Waals surface area contributed by atoms with Crippen LogP contribution >= 0.6 is 15.9 Å². The molecule has 1 aromatic rings. The lowest BCUT2D eigenvalue weighted by molar-refractivity contribution is -0.142. The molecular weight excluding hydrogens is 370 g/mol. The molecule has 8 heteroatoms. The summed E-state index contributed by atoms with van der Waals surface area (Å²) in [5.41, 5.74) is 0.424. The van der Waals surface area contributed by atoms with Crippen LogP contribution in [0.25, 0.3) is 0 Å². The molecule has 0 bridgehead atoms. The van der Waals surface area contributed by atoms with Crippen molar-refractivity contribution < 1.29 is 28.9 Å². The quantitative estimate of drug-likeness (QED) is 0.592. The number of rotatable bonds is 10. The number of carboxylic acids is 1. The van der Waals surface area contributed by atoms with Crippen molar-refractivity contribution in [3.63, 3.8) is 0 Å². The summed E-state index contributed by atoms with van der Waals surface area (Å²) in [5.74, 6) is -1.10. The number of benzene rings is 1. The standard InChI is InChI=1S/C15H20BrNO6/c1-3-22-6-7-23-9-13(18)17-14(15(19)20)10-4-5-12(21-2)11(16)8-10/h4-5,8,14H,3,6-7,9H2,1-2H3,(H,17,18)(H,19,20). The lowest BCUT2D eigenvalue weighted by Gasteiger charge is -2.16. The number of hydrogen-bond donors (Lipinski definition) is 2. The molecule has 1 atom stereocenters. The zero-order chi connectivity index (χ0) is 17.2. The van der Waals surface area contributed by atoms with Gasteiger partial charge in [-0.3, -0.25) is 4.79 Å². The van der Waals surface area contributed by atoms with Gasteiger partial charge in [-0.05, 0) is 40.5 Å². The van der Waals surface area contributed by atoms with E-state index in [0.717, 1.165) is 0 Å². The van der Waals surface area contributed by atoms with E-state index >= 15 is 0 Å². The molecule has 0 aliphatic carbocycles. The number of hydrogen-bond acceptors (Lipinski definition) is 5. The summed E-state index contributed by atoms with van der Waals surface area (Å²) in [4.78, 5) is 23.2. The smallest absolute Gasteiger partial charge is 0.330 e. The van der Waals surface area contributed by atoms with Crippen LogP contribution in [0.4, 0.5) is 0 Å². The normalized spacial score (nSPS) is 11.8. The van der Waals surface area contributed by atoms with Gasteiger partial charge in [0.15, 0.2) is 6.04 Å². The molecule has 0 radical (unpaired) electrons. The number of halogens is 1. The minimum absolute atomic E-state index is 0.228. The Morgan fingerprint density at radius 1 is 1.30 bits per heavy atom. The summed E-state index contributed by atoms with van der Waals surface area (Å²) < 4.78 is 15.9. The van der Waals surface area contributed by atoms with Crippen molar-refractivity contribution >= 4 is 27.8 Å². The average Bonchev–Trinajstić information content (AvgIpc) is 2.52. The molecule has 1 aromatic carbocycles. The Bertz CT molecular complexity index is 537. The van der Waals surface area contributed by atoms with E-state index < -0.39 is 17.9 Å². The molecule has 0 saturated carbocycles. The van der Waals surface area contributed by atoms with Gasteiger partial charge in [-0.2, -0.15) is 0 Å². The first-order valence-corrected chi connectivity index (χ1v) is 7.80. The number of aliphatic carboxylic acids is 1. The summed E-state index contributed by atoms with van der Waals surface area (Å²) in [6.45, 7) is 2.86. The van der Waals surface area contributed by atoms with Gasteiger partial charge in [0.05, 0.1) is 24.8 Å². The molecular formula is C15H20BrNO6. The Morgan fingerprint density at radius 3 is 2.57 bits per heavy atom. The van der Waals surface area contributed by atoms with Crippen molar-refractivity contribution in [1.82, 2.24) is 5.32 Å². The van der Waals surface area contributed by atoms with Crippen molar-refractivity contribution in [3.8, 4) is 5.75 Å². The largest absolute Gasteiger partial charge is 0.496 e. The fourth-order valence-electron chi connectivity index (χ4n) is 1.78. The summed E-state index contributed by atoms with van der Waals surface area (Å²) in [7, 11) is 1.51. The van der Waals surface area contributed by atoms with Crippen LogP contribution in [-0.4, -0.2) is 50.5 Å². The van der Waals surface area contributed by atoms with E-state index in [1.807, 2.05) is 6.92 Å². The first-order valence-electron chi connectivity index (χ1n) is 7.00. The third-order valence-electron chi connectivity index (χ3n) is 2.87. The monoisotopic (exact) mass is 389 g/mol. The van der Waals surface area contributed by atoms with Gasteiger partial charge in [0.2, 0.25) is 5.91 Å². The van der Waals surface area contributed by atoms with Gasteiger partial charge < -0.3 is 24.6 Å². The summed E-state index contributed by atoms with van der Waals surface area (Å²) in [5, 5.41) is 11.7. The second-order valence-electron chi connectivity index (χ2n) is 4.48. The Labute approximate surface area is 143 Å². The average molecular weight is 390 g/mol. The van der Waals surface area contributed by atoms with Crippen molar-refractivity contribution in [3.05, 3.63) is 28.2 Å². The number of amides is 1. The van der Waals surface area contributed by atoms with Crippen molar-refractivity contribution in [2.75, 3.05) is 33.5 Å². The number of methoxy groups -OCH3 is 1. The van der Waals surface area contributed by atoms with E-state index in [0.29, 0.717) is 29.0 Å². The summed E-state index contributed by atoms with van der Waals surface area (Å²) >= 11 is 3.29. The molecule has 1 rings (SSSR count). The lowest BCUT2D eigenvalue weighted by Crippen LogP contribution is -2.36. The molecule has 1 amide bonds. The highest BCUT2D eigenvalue weighted by molar-refractivity contribution is 9.10. The molecule has 1 unspecified atom stereocenters. The highest BCUT2D eigenvalue weighted by atomic mass is 79.9. The summed E-state index contributed by atoms with van der Waals surface area (Å²) in [6.07, 6.45) is 0. The third-order valence-corrected chi connectivity index (χ3v) is 3.49. The Morgan fingerprint density at radius 2 is 2.00 bits per heavy atom. The predicted molar refractivity (Wildman–Crippen MR) is 86.5 cm³/mol. The van der Waals surface area contributed by atoms with Crippen LogP contribution in [-0.2, 0) is 19.1 Å². The van der Waals surface area contributed by atoms with Crippen LogP contribution in [0.3, 0.4) is 0 Å².